The van der Waals surface area contributed by atoms with Crippen LogP contribution in [0.3, 0.4) is 0 Å². The van der Waals surface area contributed by atoms with Gasteiger partial charge in [-0.15, -0.1) is 0 Å². The lowest BCUT2D eigenvalue weighted by Gasteiger charge is -2.37. The monoisotopic (exact) mass is 565 g/mol. The molecule has 0 aliphatic carbocycles. The molecule has 3 aromatic heterocycles. The first-order valence-electron chi connectivity index (χ1n) is 14.4. The average molecular weight is 566 g/mol. The van der Waals surface area contributed by atoms with E-state index in [0.29, 0.717) is 48.7 Å². The highest BCUT2D eigenvalue weighted by Gasteiger charge is 2.26. The van der Waals surface area contributed by atoms with Crippen LogP contribution in [0.4, 0.5) is 17.3 Å². The van der Waals surface area contributed by atoms with Crippen molar-refractivity contribution >= 4 is 23.3 Å². The maximum Gasteiger partial charge on any atom is 0.307 e. The Kier molecular flexibility index (Phi) is 8.57. The van der Waals surface area contributed by atoms with E-state index in [-0.39, 0.29) is 12.0 Å². The highest BCUT2D eigenvalue weighted by molar-refractivity contribution is 5.71. The number of benzene rings is 1. The largest absolute Gasteiger partial charge is 0.465 e. The summed E-state index contributed by atoms with van der Waals surface area (Å²) >= 11 is 0. The molecular weight excluding hydrogens is 530 g/mol. The quantitative estimate of drug-likeness (QED) is 0.245. The van der Waals surface area contributed by atoms with Crippen LogP contribution in [0.2, 0.25) is 0 Å². The van der Waals surface area contributed by atoms with E-state index in [9.17, 15) is 4.79 Å². The predicted molar refractivity (Wildman–Crippen MR) is 161 cm³/mol. The number of aromatic nitrogens is 5. The molecule has 0 saturated carbocycles. The van der Waals surface area contributed by atoms with E-state index in [1.54, 1.807) is 18.5 Å². The molecule has 2 aliphatic heterocycles. The van der Waals surface area contributed by atoms with Gasteiger partial charge in [0.15, 0.2) is 5.82 Å². The van der Waals surface area contributed by atoms with Crippen molar-refractivity contribution in [3.05, 3.63) is 84.1 Å². The van der Waals surface area contributed by atoms with Gasteiger partial charge in [0.05, 0.1) is 19.1 Å². The zero-order valence-electron chi connectivity index (χ0n) is 23.7. The predicted octanol–water partition coefficient (Wildman–Crippen LogP) is 2.90. The summed E-state index contributed by atoms with van der Waals surface area (Å²) in [5, 5.41) is 9.89. The third-order valence-corrected chi connectivity index (χ3v) is 7.46. The van der Waals surface area contributed by atoms with Gasteiger partial charge in [-0.1, -0.05) is 18.2 Å². The van der Waals surface area contributed by atoms with Gasteiger partial charge in [0.25, 0.3) is 0 Å². The number of pyridine rings is 1. The second-order valence-corrected chi connectivity index (χ2v) is 10.7. The van der Waals surface area contributed by atoms with Gasteiger partial charge in [-0.2, -0.15) is 0 Å². The lowest BCUT2D eigenvalue weighted by atomic mass is 10.1. The van der Waals surface area contributed by atoms with Gasteiger partial charge in [-0.3, -0.25) is 4.79 Å². The molecule has 216 valence electrons. The Balaban J connectivity index is 1.07. The fourth-order valence-electron chi connectivity index (χ4n) is 5.10. The van der Waals surface area contributed by atoms with Gasteiger partial charge in [0.1, 0.15) is 23.2 Å². The van der Waals surface area contributed by atoms with Crippen LogP contribution < -0.4 is 20.9 Å². The topological polar surface area (TPSA) is 130 Å². The molecule has 42 heavy (non-hydrogen) atoms. The Labute approximate surface area is 245 Å². The third kappa shape index (κ3) is 7.04. The number of nitrogens with zero attached hydrogens (tertiary/aromatic N) is 6. The van der Waals surface area contributed by atoms with Crippen molar-refractivity contribution in [3.8, 4) is 11.5 Å². The van der Waals surface area contributed by atoms with E-state index in [0.717, 1.165) is 55.4 Å². The maximum atomic E-state index is 12.5. The first-order valence-corrected chi connectivity index (χ1v) is 14.4. The number of ether oxygens (including phenoxy) is 1. The number of anilines is 3. The zero-order valence-corrected chi connectivity index (χ0v) is 23.7. The smallest absolute Gasteiger partial charge is 0.307 e. The van der Waals surface area contributed by atoms with E-state index in [1.165, 1.54) is 0 Å². The van der Waals surface area contributed by atoms with Crippen molar-refractivity contribution in [2.75, 3.05) is 49.5 Å². The van der Waals surface area contributed by atoms with E-state index in [1.807, 2.05) is 31.2 Å². The normalized spacial score (nSPS) is 17.0. The van der Waals surface area contributed by atoms with Crippen LogP contribution in [-0.2, 0) is 16.0 Å². The number of hydrogen-bond acceptors (Lipinski definition) is 11. The first kappa shape index (κ1) is 27.7. The number of esters is 1. The minimum absolute atomic E-state index is 0.0618. The molecule has 4 aromatic rings. The Bertz CT molecular complexity index is 1510. The second-order valence-electron chi connectivity index (χ2n) is 10.7. The maximum absolute atomic E-state index is 12.5. The van der Waals surface area contributed by atoms with Gasteiger partial charge in [0.2, 0.25) is 0 Å². The first-order chi connectivity index (χ1) is 20.6. The van der Waals surface area contributed by atoms with Gasteiger partial charge < -0.3 is 25.6 Å². The summed E-state index contributed by atoms with van der Waals surface area (Å²) in [6.07, 6.45) is 4.41. The molecule has 0 radical (unpaired) electrons. The van der Waals surface area contributed by atoms with Gasteiger partial charge >= 0.3 is 5.97 Å². The summed E-state index contributed by atoms with van der Waals surface area (Å²) in [6, 6.07) is 17.9. The van der Waals surface area contributed by atoms with Crippen molar-refractivity contribution in [1.82, 2.24) is 35.6 Å². The summed E-state index contributed by atoms with van der Waals surface area (Å²) in [6.45, 7) is 6.78. The van der Waals surface area contributed by atoms with Crippen molar-refractivity contribution in [3.63, 3.8) is 0 Å². The van der Waals surface area contributed by atoms with Crippen molar-refractivity contribution in [1.29, 1.82) is 0 Å². The van der Waals surface area contributed by atoms with Gasteiger partial charge in [-0.25, -0.2) is 24.9 Å². The Morgan fingerprint density at radius 1 is 0.952 bits per heavy atom. The Morgan fingerprint density at radius 2 is 1.76 bits per heavy atom. The van der Waals surface area contributed by atoms with Crippen LogP contribution in [0.15, 0.2) is 67.0 Å². The molecule has 5 heterocycles. The molecule has 1 atom stereocenters. The Morgan fingerprint density at radius 3 is 2.55 bits per heavy atom. The molecule has 1 aromatic carbocycles. The summed E-state index contributed by atoms with van der Waals surface area (Å²) in [5.74, 6) is 2.85. The standard InChI is InChI=1S/C31H35N9O2/c1-21-3-2-4-26(36-21)31-35-12-10-28(39-31)37-27-9-11-34-29(38-27)15-22-5-7-24(8-6-22)40-14-13-32-19-25(40)16-30(41)42-20-23-17-33-18-23/h2-12,23,25,32-33H,13-20H2,1H3,(H,34,35,37,38,39). The van der Waals surface area contributed by atoms with Crippen LogP contribution in [-0.4, -0.2) is 76.3 Å². The summed E-state index contributed by atoms with van der Waals surface area (Å²) in [7, 11) is 0. The number of hydrogen-bond donors (Lipinski definition) is 3. The zero-order chi connectivity index (χ0) is 28.7. The van der Waals surface area contributed by atoms with Crippen molar-refractivity contribution < 1.29 is 9.53 Å². The van der Waals surface area contributed by atoms with E-state index < -0.39 is 0 Å². The van der Waals surface area contributed by atoms with Crippen LogP contribution in [0.25, 0.3) is 11.5 Å². The molecule has 2 aliphatic rings. The molecule has 3 N–H and O–H groups in total. The molecule has 11 heteroatoms. The molecule has 6 rings (SSSR count). The molecule has 11 nitrogen and oxygen atoms in total. The number of aryl methyl sites for hydroxylation is 1. The highest BCUT2D eigenvalue weighted by atomic mass is 16.5. The summed E-state index contributed by atoms with van der Waals surface area (Å²) in [4.78, 5) is 37.5. The second kappa shape index (κ2) is 13.0. The number of nitrogens with one attached hydrogen (secondary N) is 3. The van der Waals surface area contributed by atoms with Gasteiger partial charge in [-0.05, 0) is 48.9 Å². The fraction of sp³-hybridized carbons (Fsp3) is 0.355. The SMILES string of the molecule is Cc1cccc(-c2nccc(Nc3ccnc(Cc4ccc(N5CCNCC5CC(=O)OCC5CNC5)cc4)n3)n2)n1. The van der Waals surface area contributed by atoms with Crippen LogP contribution in [0.1, 0.15) is 23.5 Å². The molecule has 0 spiro atoms. The Hall–Kier alpha value is -4.48. The number of piperazine rings is 1. The van der Waals surface area contributed by atoms with Crippen molar-refractivity contribution in [2.45, 2.75) is 25.8 Å². The fourth-order valence-corrected chi connectivity index (χ4v) is 5.10. The lowest BCUT2D eigenvalue weighted by molar-refractivity contribution is -0.146. The van der Waals surface area contributed by atoms with E-state index in [4.69, 9.17) is 9.72 Å². The van der Waals surface area contributed by atoms with Crippen LogP contribution >= 0.6 is 0 Å². The number of rotatable bonds is 10. The highest BCUT2D eigenvalue weighted by Crippen LogP contribution is 2.23. The van der Waals surface area contributed by atoms with E-state index >= 15 is 0 Å². The summed E-state index contributed by atoms with van der Waals surface area (Å²) < 4.78 is 5.53. The minimum atomic E-state index is -0.132. The molecular formula is C31H35N9O2. The molecule has 2 fully saturated rings. The average Bonchev–Trinajstić information content (AvgIpc) is 2.98. The molecule has 0 bridgehead atoms. The number of carbonyl (C=O) groups excluding carboxylic acids is 1. The third-order valence-electron chi connectivity index (χ3n) is 7.46. The summed E-state index contributed by atoms with van der Waals surface area (Å²) in [5.41, 5.74) is 3.83. The lowest BCUT2D eigenvalue weighted by Crippen LogP contribution is -2.52. The molecule has 1 unspecified atom stereocenters. The van der Waals surface area contributed by atoms with Crippen LogP contribution in [0.5, 0.6) is 0 Å². The molecule has 2 saturated heterocycles. The van der Waals surface area contributed by atoms with E-state index in [2.05, 4.69) is 65.1 Å². The van der Waals surface area contributed by atoms with Gasteiger partial charge in [0, 0.05) is 68.8 Å². The number of carbonyl (C=O) groups is 1. The molecule has 0 amide bonds. The van der Waals surface area contributed by atoms with Crippen LogP contribution in [0, 0.1) is 12.8 Å². The minimum Gasteiger partial charge on any atom is -0.465 e. The van der Waals surface area contributed by atoms with Crippen molar-refractivity contribution in [2.24, 2.45) is 5.92 Å².